The maximum Gasteiger partial charge on any atom is 0.573 e. The van der Waals surface area contributed by atoms with Gasteiger partial charge in [0.25, 0.3) is 0 Å². The Balaban J connectivity index is 2.32. The zero-order valence-electron chi connectivity index (χ0n) is 9.94. The van der Waals surface area contributed by atoms with Crippen molar-refractivity contribution in [2.75, 3.05) is 7.11 Å². The lowest BCUT2D eigenvalue weighted by Gasteiger charge is -2.10. The van der Waals surface area contributed by atoms with Gasteiger partial charge in [0.05, 0.1) is 7.11 Å². The van der Waals surface area contributed by atoms with Gasteiger partial charge in [-0.2, -0.15) is 0 Å². The first-order valence-corrected chi connectivity index (χ1v) is 5.34. The molecule has 0 N–H and O–H groups in total. The lowest BCUT2D eigenvalue weighted by molar-refractivity contribution is -0.274. The molecule has 1 heterocycles. The molecule has 2 rings (SSSR count). The molecule has 19 heavy (non-hydrogen) atoms. The third-order valence-electron chi connectivity index (χ3n) is 2.34. The largest absolute Gasteiger partial charge is 0.573 e. The van der Waals surface area contributed by atoms with Crippen molar-refractivity contribution in [1.82, 2.24) is 4.98 Å². The summed E-state index contributed by atoms with van der Waals surface area (Å²) in [5.74, 6) is 0.125. The molecule has 0 fully saturated rings. The van der Waals surface area contributed by atoms with E-state index in [-0.39, 0.29) is 5.75 Å². The Bertz CT molecular complexity index is 570. The predicted octanol–water partition coefficient (Wildman–Crippen LogP) is 3.66. The van der Waals surface area contributed by atoms with Crippen LogP contribution in [0, 0.1) is 0 Å². The Morgan fingerprint density at radius 1 is 1.05 bits per heavy atom. The number of methoxy groups -OCH3 is 1. The van der Waals surface area contributed by atoms with E-state index < -0.39 is 6.36 Å². The molecule has 0 aliphatic heterocycles. The van der Waals surface area contributed by atoms with Gasteiger partial charge in [0, 0.05) is 12.3 Å². The van der Waals surface area contributed by atoms with Crippen molar-refractivity contribution in [3.63, 3.8) is 0 Å². The van der Waals surface area contributed by atoms with Crippen molar-refractivity contribution < 1.29 is 22.6 Å². The minimum absolute atomic E-state index is 0.263. The predicted molar refractivity (Wildman–Crippen MR) is 62.9 cm³/mol. The molecule has 6 heteroatoms. The summed E-state index contributed by atoms with van der Waals surface area (Å²) < 4.78 is 45.3. The Labute approximate surface area is 107 Å². The van der Waals surface area contributed by atoms with E-state index >= 15 is 0 Å². The number of hydrogen-bond donors (Lipinski definition) is 0. The molecule has 0 radical (unpaired) electrons. The van der Waals surface area contributed by atoms with Crippen LogP contribution >= 0.6 is 0 Å². The fourth-order valence-corrected chi connectivity index (χ4v) is 1.57. The van der Waals surface area contributed by atoms with E-state index in [2.05, 4.69) is 9.72 Å². The van der Waals surface area contributed by atoms with Gasteiger partial charge in [0.15, 0.2) is 0 Å². The molecule has 0 spiro atoms. The molecule has 0 bridgehead atoms. The van der Waals surface area contributed by atoms with Gasteiger partial charge in [-0.3, -0.25) is 0 Å². The van der Waals surface area contributed by atoms with Crippen molar-refractivity contribution in [3.05, 3.63) is 42.6 Å². The van der Waals surface area contributed by atoms with E-state index in [0.29, 0.717) is 17.0 Å². The normalized spacial score (nSPS) is 11.2. The Kier molecular flexibility index (Phi) is 3.59. The first-order valence-electron chi connectivity index (χ1n) is 5.34. The standard InChI is InChI=1S/C13H10F3NO2/c1-18-12-8-10(5-6-17-12)9-3-2-4-11(7-9)19-13(14,15)16/h2-8H,1H3. The fraction of sp³-hybridized carbons (Fsp3) is 0.154. The maximum absolute atomic E-state index is 12.1. The number of aromatic nitrogens is 1. The Morgan fingerprint density at radius 3 is 2.47 bits per heavy atom. The van der Waals surface area contributed by atoms with Crippen molar-refractivity contribution in [3.8, 4) is 22.8 Å². The average molecular weight is 269 g/mol. The smallest absolute Gasteiger partial charge is 0.481 e. The number of halogens is 3. The van der Waals surface area contributed by atoms with Crippen LogP contribution in [-0.4, -0.2) is 18.5 Å². The molecule has 1 aromatic heterocycles. The van der Waals surface area contributed by atoms with E-state index in [9.17, 15) is 13.2 Å². The monoisotopic (exact) mass is 269 g/mol. The number of rotatable bonds is 3. The van der Waals surface area contributed by atoms with Gasteiger partial charge in [-0.1, -0.05) is 12.1 Å². The topological polar surface area (TPSA) is 31.4 Å². The summed E-state index contributed by atoms with van der Waals surface area (Å²) >= 11 is 0. The molecule has 0 aliphatic carbocycles. The van der Waals surface area contributed by atoms with Crippen molar-refractivity contribution in [1.29, 1.82) is 0 Å². The lowest BCUT2D eigenvalue weighted by Crippen LogP contribution is -2.17. The number of alkyl halides is 3. The molecular formula is C13H10F3NO2. The second kappa shape index (κ2) is 5.17. The van der Waals surface area contributed by atoms with Gasteiger partial charge in [0.1, 0.15) is 5.75 Å². The molecule has 0 atom stereocenters. The van der Waals surface area contributed by atoms with E-state index in [1.54, 1.807) is 18.2 Å². The number of benzene rings is 1. The SMILES string of the molecule is COc1cc(-c2cccc(OC(F)(F)F)c2)ccn1. The number of ether oxygens (including phenoxy) is 2. The van der Waals surface area contributed by atoms with Crippen LogP contribution in [0.25, 0.3) is 11.1 Å². The van der Waals surface area contributed by atoms with Gasteiger partial charge in [-0.05, 0) is 29.3 Å². The number of hydrogen-bond acceptors (Lipinski definition) is 3. The van der Waals surface area contributed by atoms with Crippen LogP contribution in [0.5, 0.6) is 11.6 Å². The van der Waals surface area contributed by atoms with Gasteiger partial charge >= 0.3 is 6.36 Å². The Morgan fingerprint density at radius 2 is 1.79 bits per heavy atom. The second-order valence-corrected chi connectivity index (χ2v) is 3.66. The van der Waals surface area contributed by atoms with Crippen LogP contribution in [0.1, 0.15) is 0 Å². The minimum Gasteiger partial charge on any atom is -0.481 e. The van der Waals surface area contributed by atoms with E-state index in [4.69, 9.17) is 4.74 Å². The van der Waals surface area contributed by atoms with Crippen LogP contribution in [-0.2, 0) is 0 Å². The average Bonchev–Trinajstić information content (AvgIpc) is 2.37. The number of nitrogens with zero attached hydrogens (tertiary/aromatic N) is 1. The molecule has 0 unspecified atom stereocenters. The summed E-state index contributed by atoms with van der Waals surface area (Å²) in [6.45, 7) is 0. The van der Waals surface area contributed by atoms with E-state index in [1.807, 2.05) is 0 Å². The van der Waals surface area contributed by atoms with Crippen LogP contribution in [0.3, 0.4) is 0 Å². The summed E-state index contributed by atoms with van der Waals surface area (Å²) in [4.78, 5) is 3.93. The van der Waals surface area contributed by atoms with Gasteiger partial charge in [0.2, 0.25) is 5.88 Å². The van der Waals surface area contributed by atoms with Gasteiger partial charge in [-0.25, -0.2) is 4.98 Å². The van der Waals surface area contributed by atoms with Gasteiger partial charge < -0.3 is 9.47 Å². The molecule has 0 saturated carbocycles. The van der Waals surface area contributed by atoms with Crippen LogP contribution in [0.4, 0.5) is 13.2 Å². The fourth-order valence-electron chi connectivity index (χ4n) is 1.57. The molecular weight excluding hydrogens is 259 g/mol. The third kappa shape index (κ3) is 3.61. The molecule has 0 aliphatic rings. The molecule has 0 amide bonds. The van der Waals surface area contributed by atoms with Gasteiger partial charge in [-0.15, -0.1) is 13.2 Å². The quantitative estimate of drug-likeness (QED) is 0.852. The van der Waals surface area contributed by atoms with E-state index in [0.717, 1.165) is 0 Å². The maximum atomic E-state index is 12.1. The van der Waals surface area contributed by atoms with Crippen LogP contribution < -0.4 is 9.47 Å². The third-order valence-corrected chi connectivity index (χ3v) is 2.34. The zero-order chi connectivity index (χ0) is 13.9. The highest BCUT2D eigenvalue weighted by molar-refractivity contribution is 5.65. The summed E-state index contributed by atoms with van der Waals surface area (Å²) in [7, 11) is 1.47. The number of pyridine rings is 1. The van der Waals surface area contributed by atoms with E-state index in [1.165, 1.54) is 31.5 Å². The zero-order valence-corrected chi connectivity index (χ0v) is 9.94. The highest BCUT2D eigenvalue weighted by Crippen LogP contribution is 2.28. The summed E-state index contributed by atoms with van der Waals surface area (Å²) in [5.41, 5.74) is 1.28. The summed E-state index contributed by atoms with van der Waals surface area (Å²) in [6, 6.07) is 9.03. The lowest BCUT2D eigenvalue weighted by atomic mass is 10.1. The highest BCUT2D eigenvalue weighted by Gasteiger charge is 2.31. The molecule has 100 valence electrons. The molecule has 2 aromatic rings. The van der Waals surface area contributed by atoms with Crippen LogP contribution in [0.2, 0.25) is 0 Å². The van der Waals surface area contributed by atoms with Crippen LogP contribution in [0.15, 0.2) is 42.6 Å². The van der Waals surface area contributed by atoms with Crippen molar-refractivity contribution in [2.45, 2.75) is 6.36 Å². The Hall–Kier alpha value is -2.24. The first-order chi connectivity index (χ1) is 8.98. The molecule has 3 nitrogen and oxygen atoms in total. The van der Waals surface area contributed by atoms with Crippen molar-refractivity contribution >= 4 is 0 Å². The highest BCUT2D eigenvalue weighted by atomic mass is 19.4. The van der Waals surface area contributed by atoms with Crippen molar-refractivity contribution in [2.24, 2.45) is 0 Å². The summed E-state index contributed by atoms with van der Waals surface area (Å²) in [6.07, 6.45) is -3.18. The summed E-state index contributed by atoms with van der Waals surface area (Å²) in [5, 5.41) is 0. The molecule has 0 saturated heterocycles. The molecule has 1 aromatic carbocycles. The minimum atomic E-state index is -4.70. The second-order valence-electron chi connectivity index (χ2n) is 3.66. The first kappa shape index (κ1) is 13.2.